The van der Waals surface area contributed by atoms with Gasteiger partial charge < -0.3 is 4.74 Å². The van der Waals surface area contributed by atoms with Crippen LogP contribution in [0.5, 0.6) is 0 Å². The first-order valence-corrected chi connectivity index (χ1v) is 4.58. The van der Waals surface area contributed by atoms with Crippen LogP contribution in [0.4, 0.5) is 0 Å². The summed E-state index contributed by atoms with van der Waals surface area (Å²) < 4.78 is 5.11. The van der Waals surface area contributed by atoms with Gasteiger partial charge in [0.15, 0.2) is 5.78 Å². The summed E-state index contributed by atoms with van der Waals surface area (Å²) in [5.74, 6) is 0.899. The van der Waals surface area contributed by atoms with Crippen LogP contribution in [-0.2, 0) is 9.53 Å². The lowest BCUT2D eigenvalue weighted by molar-refractivity contribution is -0.117. The molecule has 0 heterocycles. The van der Waals surface area contributed by atoms with Gasteiger partial charge in [-0.05, 0) is 25.7 Å². The molecule has 2 heteroatoms. The number of carbonyl (C=O) groups is 1. The van der Waals surface area contributed by atoms with Crippen LogP contribution in [0.15, 0.2) is 11.8 Å². The minimum atomic E-state index is 0.265. The SMILES string of the molecule is CCO/C=C1/CC(C)CCC1=O. The predicted octanol–water partition coefficient (Wildman–Crippen LogP) is 2.30. The van der Waals surface area contributed by atoms with Crippen LogP contribution in [-0.4, -0.2) is 12.4 Å². The molecule has 0 bridgehead atoms. The molecule has 1 rings (SSSR count). The van der Waals surface area contributed by atoms with Crippen molar-refractivity contribution in [3.8, 4) is 0 Å². The maximum atomic E-state index is 11.3. The van der Waals surface area contributed by atoms with Gasteiger partial charge in [-0.3, -0.25) is 4.79 Å². The highest BCUT2D eigenvalue weighted by Gasteiger charge is 2.20. The van der Waals surface area contributed by atoms with E-state index in [0.717, 1.165) is 18.4 Å². The minimum absolute atomic E-state index is 0.265. The third kappa shape index (κ3) is 2.36. The number of Topliss-reactive ketones (excluding diaryl/α,β-unsaturated/α-hetero) is 1. The van der Waals surface area contributed by atoms with Gasteiger partial charge in [0.1, 0.15) is 0 Å². The fraction of sp³-hybridized carbons (Fsp3) is 0.700. The van der Waals surface area contributed by atoms with Crippen LogP contribution in [0.2, 0.25) is 0 Å². The molecule has 0 aromatic carbocycles. The van der Waals surface area contributed by atoms with Gasteiger partial charge in [-0.15, -0.1) is 0 Å². The van der Waals surface area contributed by atoms with Crippen LogP contribution in [0.3, 0.4) is 0 Å². The van der Waals surface area contributed by atoms with Crippen molar-refractivity contribution in [2.75, 3.05) is 6.61 Å². The van der Waals surface area contributed by atoms with Crippen LogP contribution in [0, 0.1) is 5.92 Å². The van der Waals surface area contributed by atoms with E-state index in [2.05, 4.69) is 6.92 Å². The maximum absolute atomic E-state index is 11.3. The lowest BCUT2D eigenvalue weighted by Gasteiger charge is -2.18. The smallest absolute Gasteiger partial charge is 0.161 e. The van der Waals surface area contributed by atoms with Crippen molar-refractivity contribution in [2.45, 2.75) is 33.1 Å². The number of rotatable bonds is 2. The van der Waals surface area contributed by atoms with Gasteiger partial charge in [0, 0.05) is 12.0 Å². The van der Waals surface area contributed by atoms with Crippen molar-refractivity contribution in [3.63, 3.8) is 0 Å². The van der Waals surface area contributed by atoms with E-state index in [4.69, 9.17) is 4.74 Å². The first kappa shape index (κ1) is 9.30. The van der Waals surface area contributed by atoms with E-state index in [-0.39, 0.29) is 5.78 Å². The molecule has 1 atom stereocenters. The van der Waals surface area contributed by atoms with E-state index in [9.17, 15) is 4.79 Å². The molecule has 0 amide bonds. The third-order valence-corrected chi connectivity index (χ3v) is 2.18. The van der Waals surface area contributed by atoms with Crippen LogP contribution in [0.25, 0.3) is 0 Å². The standard InChI is InChI=1S/C10H16O2/c1-3-12-7-9-6-8(2)4-5-10(9)11/h7-8H,3-6H2,1-2H3/b9-7-. The average molecular weight is 168 g/mol. The zero-order valence-corrected chi connectivity index (χ0v) is 7.80. The highest BCUT2D eigenvalue weighted by atomic mass is 16.5. The normalized spacial score (nSPS) is 27.7. The van der Waals surface area contributed by atoms with Crippen molar-refractivity contribution in [1.29, 1.82) is 0 Å². The summed E-state index contributed by atoms with van der Waals surface area (Å²) in [5.41, 5.74) is 0.871. The fourth-order valence-corrected chi connectivity index (χ4v) is 1.43. The Hall–Kier alpha value is -0.790. The fourth-order valence-electron chi connectivity index (χ4n) is 1.43. The molecule has 0 saturated heterocycles. The average Bonchev–Trinajstić information content (AvgIpc) is 2.07. The van der Waals surface area contributed by atoms with Gasteiger partial charge in [0.25, 0.3) is 0 Å². The Morgan fingerprint density at radius 3 is 3.08 bits per heavy atom. The molecule has 1 aliphatic carbocycles. The summed E-state index contributed by atoms with van der Waals surface area (Å²) in [6.07, 6.45) is 4.25. The zero-order chi connectivity index (χ0) is 8.97. The molecule has 2 nitrogen and oxygen atoms in total. The van der Waals surface area contributed by atoms with Crippen molar-refractivity contribution in [1.82, 2.24) is 0 Å². The number of carbonyl (C=O) groups excluding carboxylic acids is 1. The summed E-state index contributed by atoms with van der Waals surface area (Å²) in [6, 6.07) is 0. The quantitative estimate of drug-likeness (QED) is 0.467. The molecule has 0 aromatic heterocycles. The molecule has 1 unspecified atom stereocenters. The zero-order valence-electron chi connectivity index (χ0n) is 7.80. The first-order chi connectivity index (χ1) is 5.74. The maximum Gasteiger partial charge on any atom is 0.161 e. The Kier molecular flexibility index (Phi) is 3.32. The van der Waals surface area contributed by atoms with Crippen LogP contribution >= 0.6 is 0 Å². The monoisotopic (exact) mass is 168 g/mol. The van der Waals surface area contributed by atoms with E-state index < -0.39 is 0 Å². The number of allylic oxidation sites excluding steroid dienone is 1. The lowest BCUT2D eigenvalue weighted by atomic mass is 9.86. The van der Waals surface area contributed by atoms with E-state index in [1.165, 1.54) is 0 Å². The second kappa shape index (κ2) is 4.29. The highest BCUT2D eigenvalue weighted by Crippen LogP contribution is 2.25. The van der Waals surface area contributed by atoms with Crippen molar-refractivity contribution < 1.29 is 9.53 Å². The molecule has 0 aliphatic heterocycles. The largest absolute Gasteiger partial charge is 0.501 e. The van der Waals surface area contributed by atoms with Gasteiger partial charge >= 0.3 is 0 Å². The number of hydrogen-bond acceptors (Lipinski definition) is 2. The summed E-state index contributed by atoms with van der Waals surface area (Å²) >= 11 is 0. The van der Waals surface area contributed by atoms with Crippen molar-refractivity contribution in [2.24, 2.45) is 5.92 Å². The second-order valence-electron chi connectivity index (χ2n) is 3.37. The molecule has 0 spiro atoms. The number of ketones is 1. The number of hydrogen-bond donors (Lipinski definition) is 0. The third-order valence-electron chi connectivity index (χ3n) is 2.18. The molecule has 0 aromatic rings. The molecular weight excluding hydrogens is 152 g/mol. The van der Waals surface area contributed by atoms with Gasteiger partial charge in [-0.25, -0.2) is 0 Å². The Morgan fingerprint density at radius 1 is 1.67 bits per heavy atom. The van der Waals surface area contributed by atoms with Gasteiger partial charge in [0.2, 0.25) is 0 Å². The minimum Gasteiger partial charge on any atom is -0.501 e. The molecule has 1 saturated carbocycles. The van der Waals surface area contributed by atoms with Gasteiger partial charge in [-0.1, -0.05) is 6.92 Å². The Labute approximate surface area is 73.6 Å². The summed E-state index contributed by atoms with van der Waals surface area (Å²) in [4.78, 5) is 11.3. The Bertz CT molecular complexity index is 194. The molecule has 0 radical (unpaired) electrons. The van der Waals surface area contributed by atoms with Crippen LogP contribution < -0.4 is 0 Å². The van der Waals surface area contributed by atoms with E-state index in [1.54, 1.807) is 6.26 Å². The van der Waals surface area contributed by atoms with Gasteiger partial charge in [0.05, 0.1) is 12.9 Å². The van der Waals surface area contributed by atoms with Crippen molar-refractivity contribution >= 4 is 5.78 Å². The lowest BCUT2D eigenvalue weighted by Crippen LogP contribution is -2.15. The summed E-state index contributed by atoms with van der Waals surface area (Å²) in [5, 5.41) is 0. The summed E-state index contributed by atoms with van der Waals surface area (Å²) in [7, 11) is 0. The Morgan fingerprint density at radius 2 is 2.42 bits per heavy atom. The highest BCUT2D eigenvalue weighted by molar-refractivity contribution is 5.95. The van der Waals surface area contributed by atoms with Crippen molar-refractivity contribution in [3.05, 3.63) is 11.8 Å². The molecule has 1 fully saturated rings. The topological polar surface area (TPSA) is 26.3 Å². The predicted molar refractivity (Wildman–Crippen MR) is 47.7 cm³/mol. The van der Waals surface area contributed by atoms with Crippen LogP contribution in [0.1, 0.15) is 33.1 Å². The molecule has 68 valence electrons. The molecular formula is C10H16O2. The van der Waals surface area contributed by atoms with E-state index in [1.807, 2.05) is 6.92 Å². The first-order valence-electron chi connectivity index (χ1n) is 4.58. The molecule has 1 aliphatic rings. The Balaban J connectivity index is 2.54. The number of ether oxygens (including phenoxy) is 1. The molecule has 12 heavy (non-hydrogen) atoms. The van der Waals surface area contributed by atoms with E-state index >= 15 is 0 Å². The van der Waals surface area contributed by atoms with E-state index in [0.29, 0.717) is 18.9 Å². The second-order valence-corrected chi connectivity index (χ2v) is 3.37. The van der Waals surface area contributed by atoms with Gasteiger partial charge in [-0.2, -0.15) is 0 Å². The molecule has 0 N–H and O–H groups in total. The summed E-state index contributed by atoms with van der Waals surface area (Å²) in [6.45, 7) is 4.74.